The van der Waals surface area contributed by atoms with Crippen molar-refractivity contribution in [3.05, 3.63) is 23.8 Å². The van der Waals surface area contributed by atoms with Gasteiger partial charge in [-0.05, 0) is 37.5 Å². The second-order valence-corrected chi connectivity index (χ2v) is 6.36. The van der Waals surface area contributed by atoms with Gasteiger partial charge >= 0.3 is 6.03 Å². The number of nitrogens with zero attached hydrogens (tertiary/aromatic N) is 1. The zero-order valence-corrected chi connectivity index (χ0v) is 14.5. The lowest BCUT2D eigenvalue weighted by atomic mass is 10.1. The molecule has 0 radical (unpaired) electrons. The number of hydrogen-bond acceptors (Lipinski definition) is 4. The van der Waals surface area contributed by atoms with E-state index in [2.05, 4.69) is 10.6 Å². The maximum atomic E-state index is 12.0. The summed E-state index contributed by atoms with van der Waals surface area (Å²) in [4.78, 5) is 25.4. The molecule has 7 nitrogen and oxygen atoms in total. The fourth-order valence-electron chi connectivity index (χ4n) is 3.07. The van der Waals surface area contributed by atoms with Crippen molar-refractivity contribution in [2.45, 2.75) is 32.2 Å². The summed E-state index contributed by atoms with van der Waals surface area (Å²) in [5.41, 5.74) is 0.960. The Morgan fingerprint density at radius 1 is 1.28 bits per heavy atom. The maximum absolute atomic E-state index is 12.0. The number of ether oxygens (including phenoxy) is 2. The van der Waals surface area contributed by atoms with Gasteiger partial charge in [-0.25, -0.2) is 4.79 Å². The van der Waals surface area contributed by atoms with Gasteiger partial charge in [0, 0.05) is 26.1 Å². The van der Waals surface area contributed by atoms with Crippen LogP contribution in [0.5, 0.6) is 11.5 Å². The molecule has 2 N–H and O–H groups in total. The van der Waals surface area contributed by atoms with Crippen LogP contribution in [0.15, 0.2) is 18.2 Å². The Balaban J connectivity index is 1.40. The number of urea groups is 1. The Hall–Kier alpha value is -2.44. The average Bonchev–Trinajstić information content (AvgIpc) is 3.03. The first-order valence-electron chi connectivity index (χ1n) is 8.85. The van der Waals surface area contributed by atoms with E-state index in [1.165, 1.54) is 0 Å². The number of benzene rings is 1. The molecule has 1 aromatic carbocycles. The predicted molar refractivity (Wildman–Crippen MR) is 92.8 cm³/mol. The normalized spacial score (nSPS) is 17.3. The number of carbonyl (C=O) groups is 2. The van der Waals surface area contributed by atoms with Crippen molar-refractivity contribution in [3.8, 4) is 11.5 Å². The Morgan fingerprint density at radius 2 is 2.08 bits per heavy atom. The van der Waals surface area contributed by atoms with E-state index >= 15 is 0 Å². The van der Waals surface area contributed by atoms with Gasteiger partial charge in [0.05, 0.1) is 6.04 Å². The zero-order chi connectivity index (χ0) is 17.6. The summed E-state index contributed by atoms with van der Waals surface area (Å²) in [7, 11) is 0. The van der Waals surface area contributed by atoms with Gasteiger partial charge < -0.3 is 25.0 Å². The van der Waals surface area contributed by atoms with E-state index in [0.29, 0.717) is 38.5 Å². The van der Waals surface area contributed by atoms with E-state index in [9.17, 15) is 9.59 Å². The highest BCUT2D eigenvalue weighted by atomic mass is 16.6. The van der Waals surface area contributed by atoms with E-state index in [1.807, 2.05) is 30.0 Å². The second kappa shape index (κ2) is 8.09. The van der Waals surface area contributed by atoms with Crippen LogP contribution in [0.2, 0.25) is 0 Å². The Kier molecular flexibility index (Phi) is 5.63. The molecule has 136 valence electrons. The van der Waals surface area contributed by atoms with Crippen molar-refractivity contribution in [3.63, 3.8) is 0 Å². The lowest BCUT2D eigenvalue weighted by Gasteiger charge is -2.21. The van der Waals surface area contributed by atoms with E-state index in [1.54, 1.807) is 0 Å². The van der Waals surface area contributed by atoms with Crippen molar-refractivity contribution in [2.75, 3.05) is 32.8 Å². The van der Waals surface area contributed by atoms with Gasteiger partial charge in [0.1, 0.15) is 13.2 Å². The minimum absolute atomic E-state index is 0.143. The van der Waals surface area contributed by atoms with E-state index in [4.69, 9.17) is 9.47 Å². The number of hydrogen-bond donors (Lipinski definition) is 2. The molecule has 1 fully saturated rings. The number of carbonyl (C=O) groups excluding carboxylic acids is 2. The first-order valence-corrected chi connectivity index (χ1v) is 8.85. The van der Waals surface area contributed by atoms with Gasteiger partial charge in [-0.1, -0.05) is 6.07 Å². The van der Waals surface area contributed by atoms with Crippen LogP contribution in [-0.4, -0.2) is 49.7 Å². The SMILES string of the molecule is C[C@H](NC(=O)NCCCN1CCCC1=O)c1ccc2c(c1)OCCO2. The van der Waals surface area contributed by atoms with Crippen LogP contribution in [0, 0.1) is 0 Å². The molecule has 2 heterocycles. The van der Waals surface area contributed by atoms with Crippen LogP contribution in [0.3, 0.4) is 0 Å². The van der Waals surface area contributed by atoms with Crippen LogP contribution in [0.25, 0.3) is 0 Å². The van der Waals surface area contributed by atoms with Gasteiger partial charge in [-0.2, -0.15) is 0 Å². The van der Waals surface area contributed by atoms with Gasteiger partial charge in [0.2, 0.25) is 5.91 Å². The molecule has 3 rings (SSSR count). The standard InChI is InChI=1S/C18H25N3O4/c1-13(14-5-6-15-16(12-14)25-11-10-24-15)20-18(23)19-7-3-9-21-8-2-4-17(21)22/h5-6,12-13H,2-4,7-11H2,1H3,(H2,19,20,23)/t13-/m0/s1. The second-order valence-electron chi connectivity index (χ2n) is 6.36. The van der Waals surface area contributed by atoms with E-state index in [0.717, 1.165) is 30.7 Å². The fourth-order valence-corrected chi connectivity index (χ4v) is 3.07. The number of likely N-dealkylation sites (tertiary alicyclic amines) is 1. The lowest BCUT2D eigenvalue weighted by molar-refractivity contribution is -0.127. The molecule has 0 aliphatic carbocycles. The molecular formula is C18H25N3O4. The Morgan fingerprint density at radius 3 is 2.84 bits per heavy atom. The highest BCUT2D eigenvalue weighted by Gasteiger charge is 2.19. The largest absolute Gasteiger partial charge is 0.486 e. The quantitative estimate of drug-likeness (QED) is 0.770. The third kappa shape index (κ3) is 4.55. The summed E-state index contributed by atoms with van der Waals surface area (Å²) in [6.45, 7) is 5.12. The third-order valence-corrected chi connectivity index (χ3v) is 4.48. The molecule has 2 aliphatic rings. The van der Waals surface area contributed by atoms with Gasteiger partial charge in [0.15, 0.2) is 11.5 Å². The number of fused-ring (bicyclic) bond motifs is 1. The minimum Gasteiger partial charge on any atom is -0.486 e. The molecule has 3 amide bonds. The van der Waals surface area contributed by atoms with Crippen LogP contribution in [0.4, 0.5) is 4.79 Å². The molecule has 0 saturated carbocycles. The monoisotopic (exact) mass is 347 g/mol. The topological polar surface area (TPSA) is 79.9 Å². The van der Waals surface area contributed by atoms with Crippen LogP contribution in [0.1, 0.15) is 37.8 Å². The summed E-state index contributed by atoms with van der Waals surface area (Å²) in [5, 5.41) is 5.75. The molecular weight excluding hydrogens is 322 g/mol. The van der Waals surface area contributed by atoms with Gasteiger partial charge in [0.25, 0.3) is 0 Å². The summed E-state index contributed by atoms with van der Waals surface area (Å²) in [5.74, 6) is 1.67. The van der Waals surface area contributed by atoms with E-state index in [-0.39, 0.29) is 18.0 Å². The highest BCUT2D eigenvalue weighted by Crippen LogP contribution is 2.32. The number of rotatable bonds is 6. The Bertz CT molecular complexity index is 635. The Labute approximate surface area is 147 Å². The molecule has 0 aromatic heterocycles. The molecule has 0 unspecified atom stereocenters. The van der Waals surface area contributed by atoms with Crippen molar-refractivity contribution in [1.82, 2.24) is 15.5 Å². The van der Waals surface area contributed by atoms with E-state index < -0.39 is 0 Å². The summed E-state index contributed by atoms with van der Waals surface area (Å²) in [6.07, 6.45) is 2.36. The van der Waals surface area contributed by atoms with Crippen LogP contribution >= 0.6 is 0 Å². The van der Waals surface area contributed by atoms with Crippen LogP contribution in [-0.2, 0) is 4.79 Å². The summed E-state index contributed by atoms with van der Waals surface area (Å²) >= 11 is 0. The molecule has 1 aromatic rings. The first-order chi connectivity index (χ1) is 12.1. The summed E-state index contributed by atoms with van der Waals surface area (Å²) < 4.78 is 11.1. The van der Waals surface area contributed by atoms with Gasteiger partial charge in [-0.15, -0.1) is 0 Å². The summed E-state index contributed by atoms with van der Waals surface area (Å²) in [6, 6.07) is 5.34. The molecule has 0 spiro atoms. The number of amides is 3. The average molecular weight is 347 g/mol. The van der Waals surface area contributed by atoms with Gasteiger partial charge in [-0.3, -0.25) is 4.79 Å². The highest BCUT2D eigenvalue weighted by molar-refractivity contribution is 5.78. The molecule has 2 aliphatic heterocycles. The molecule has 1 saturated heterocycles. The van der Waals surface area contributed by atoms with Crippen molar-refractivity contribution in [2.24, 2.45) is 0 Å². The molecule has 1 atom stereocenters. The third-order valence-electron chi connectivity index (χ3n) is 4.48. The zero-order valence-electron chi connectivity index (χ0n) is 14.5. The molecule has 7 heteroatoms. The maximum Gasteiger partial charge on any atom is 0.315 e. The van der Waals surface area contributed by atoms with Crippen molar-refractivity contribution in [1.29, 1.82) is 0 Å². The van der Waals surface area contributed by atoms with Crippen molar-refractivity contribution >= 4 is 11.9 Å². The first kappa shape index (κ1) is 17.4. The molecule has 0 bridgehead atoms. The molecule has 25 heavy (non-hydrogen) atoms. The lowest BCUT2D eigenvalue weighted by Crippen LogP contribution is -2.38. The smallest absolute Gasteiger partial charge is 0.315 e. The fraction of sp³-hybridized carbons (Fsp3) is 0.556. The van der Waals surface area contributed by atoms with Crippen molar-refractivity contribution < 1.29 is 19.1 Å². The number of nitrogens with one attached hydrogen (secondary N) is 2. The van der Waals surface area contributed by atoms with Crippen LogP contribution < -0.4 is 20.1 Å². The predicted octanol–water partition coefficient (Wildman–Crippen LogP) is 1.83. The minimum atomic E-state index is -0.213.